The standard InChI is InChI=1S/C22H38O4/c1-2-3-4-5-6-7-8-9-10-11-12-13-14-15-16-17-18-19-20(21(23)24)22(25)26/h20H,2-17H2,1H3,(H,23,24)(H,25,26). The third kappa shape index (κ3) is 16.0. The Morgan fingerprint density at radius 1 is 0.654 bits per heavy atom. The Morgan fingerprint density at radius 2 is 1.00 bits per heavy atom. The molecule has 0 fully saturated rings. The van der Waals surface area contributed by atoms with E-state index in [1.165, 1.54) is 83.5 Å². The van der Waals surface area contributed by atoms with Crippen molar-refractivity contribution in [2.75, 3.05) is 0 Å². The molecule has 0 atom stereocenters. The van der Waals surface area contributed by atoms with Crippen LogP contribution in [0.25, 0.3) is 0 Å². The summed E-state index contributed by atoms with van der Waals surface area (Å²) in [6, 6.07) is 0. The Morgan fingerprint density at radius 3 is 1.35 bits per heavy atom. The molecule has 0 heterocycles. The largest absolute Gasteiger partial charge is 0.480 e. The molecule has 0 aliphatic carbocycles. The molecule has 0 aromatic rings. The van der Waals surface area contributed by atoms with E-state index in [1.54, 1.807) is 0 Å². The lowest BCUT2D eigenvalue weighted by Gasteiger charge is -2.03. The fourth-order valence-corrected chi connectivity index (χ4v) is 2.99. The van der Waals surface area contributed by atoms with Gasteiger partial charge >= 0.3 is 11.9 Å². The van der Waals surface area contributed by atoms with Crippen molar-refractivity contribution in [2.45, 2.75) is 110 Å². The molecule has 0 rings (SSSR count). The van der Waals surface area contributed by atoms with Crippen molar-refractivity contribution >= 4 is 11.9 Å². The van der Waals surface area contributed by atoms with Crippen molar-refractivity contribution in [3.05, 3.63) is 0 Å². The van der Waals surface area contributed by atoms with E-state index in [1.807, 2.05) is 0 Å². The molecule has 0 unspecified atom stereocenters. The van der Waals surface area contributed by atoms with Crippen LogP contribution in [0.15, 0.2) is 0 Å². The number of carbonyl (C=O) groups is 2. The molecule has 4 nitrogen and oxygen atoms in total. The lowest BCUT2D eigenvalue weighted by atomic mass is 10.0. The molecule has 0 saturated heterocycles. The van der Waals surface area contributed by atoms with Crippen LogP contribution in [0.1, 0.15) is 110 Å². The molecular weight excluding hydrogens is 328 g/mol. The van der Waals surface area contributed by atoms with Gasteiger partial charge in [-0.15, -0.1) is 5.92 Å². The van der Waals surface area contributed by atoms with Crippen LogP contribution in [-0.4, -0.2) is 22.2 Å². The predicted octanol–water partition coefficient (Wildman–Crippen LogP) is 6.04. The Hall–Kier alpha value is -1.50. The monoisotopic (exact) mass is 366 g/mol. The fourth-order valence-electron chi connectivity index (χ4n) is 2.99. The summed E-state index contributed by atoms with van der Waals surface area (Å²) >= 11 is 0. The number of hydrogen-bond acceptors (Lipinski definition) is 2. The summed E-state index contributed by atoms with van der Waals surface area (Å²) in [5.74, 6) is 0.636. The Balaban J connectivity index is 3.32. The minimum atomic E-state index is -1.59. The molecule has 0 aliphatic heterocycles. The Kier molecular flexibility index (Phi) is 17.2. The lowest BCUT2D eigenvalue weighted by Crippen LogP contribution is -2.21. The molecule has 0 aromatic carbocycles. The normalized spacial score (nSPS) is 10.5. The molecular formula is C22H38O4. The van der Waals surface area contributed by atoms with Gasteiger partial charge < -0.3 is 10.2 Å². The van der Waals surface area contributed by atoms with Crippen LogP contribution < -0.4 is 0 Å². The topological polar surface area (TPSA) is 74.6 Å². The van der Waals surface area contributed by atoms with Crippen LogP contribution in [-0.2, 0) is 9.59 Å². The van der Waals surface area contributed by atoms with Crippen molar-refractivity contribution in [3.8, 4) is 11.8 Å². The third-order valence-electron chi connectivity index (χ3n) is 4.65. The molecule has 0 radical (unpaired) electrons. The highest BCUT2D eigenvalue weighted by Gasteiger charge is 2.22. The molecule has 0 amide bonds. The van der Waals surface area contributed by atoms with E-state index < -0.39 is 17.9 Å². The zero-order valence-corrected chi connectivity index (χ0v) is 16.6. The van der Waals surface area contributed by atoms with Gasteiger partial charge in [-0.05, 0) is 6.42 Å². The van der Waals surface area contributed by atoms with Crippen LogP contribution in [0.4, 0.5) is 0 Å². The Bertz CT molecular complexity index is 406. The number of unbranched alkanes of at least 4 members (excludes halogenated alkanes) is 15. The molecule has 0 aromatic heterocycles. The fraction of sp³-hybridized carbons (Fsp3) is 0.818. The third-order valence-corrected chi connectivity index (χ3v) is 4.65. The average molecular weight is 367 g/mol. The van der Waals surface area contributed by atoms with Gasteiger partial charge in [0.25, 0.3) is 0 Å². The maximum Gasteiger partial charge on any atom is 0.330 e. The molecule has 2 N–H and O–H groups in total. The summed E-state index contributed by atoms with van der Waals surface area (Å²) in [6.45, 7) is 2.26. The second-order valence-electron chi connectivity index (χ2n) is 7.13. The average Bonchev–Trinajstić information content (AvgIpc) is 2.60. The van der Waals surface area contributed by atoms with Crippen LogP contribution in [0.5, 0.6) is 0 Å². The van der Waals surface area contributed by atoms with Crippen molar-refractivity contribution < 1.29 is 19.8 Å². The summed E-state index contributed by atoms with van der Waals surface area (Å²) < 4.78 is 0. The van der Waals surface area contributed by atoms with Crippen molar-refractivity contribution in [1.82, 2.24) is 0 Å². The second-order valence-corrected chi connectivity index (χ2v) is 7.13. The first-order valence-corrected chi connectivity index (χ1v) is 10.5. The van der Waals surface area contributed by atoms with E-state index in [9.17, 15) is 9.59 Å². The number of carboxylic acids is 2. The van der Waals surface area contributed by atoms with Crippen molar-refractivity contribution in [3.63, 3.8) is 0 Å². The number of hydrogen-bond donors (Lipinski definition) is 2. The van der Waals surface area contributed by atoms with Crippen LogP contribution >= 0.6 is 0 Å². The van der Waals surface area contributed by atoms with Crippen molar-refractivity contribution in [1.29, 1.82) is 0 Å². The van der Waals surface area contributed by atoms with Gasteiger partial charge in [0.1, 0.15) is 0 Å². The first kappa shape index (κ1) is 24.5. The molecule has 0 saturated carbocycles. The van der Waals surface area contributed by atoms with Crippen LogP contribution in [0.3, 0.4) is 0 Å². The summed E-state index contributed by atoms with van der Waals surface area (Å²) in [6.07, 6.45) is 20.1. The second kappa shape index (κ2) is 18.3. The molecule has 4 heteroatoms. The van der Waals surface area contributed by atoms with Gasteiger partial charge in [-0.2, -0.15) is 0 Å². The van der Waals surface area contributed by atoms with E-state index >= 15 is 0 Å². The van der Waals surface area contributed by atoms with Gasteiger partial charge in [0, 0.05) is 6.42 Å². The number of rotatable bonds is 17. The highest BCUT2D eigenvalue weighted by atomic mass is 16.4. The van der Waals surface area contributed by atoms with Crippen LogP contribution in [0.2, 0.25) is 0 Å². The molecule has 0 aliphatic rings. The lowest BCUT2D eigenvalue weighted by molar-refractivity contribution is -0.151. The van der Waals surface area contributed by atoms with E-state index in [0.29, 0.717) is 6.42 Å². The zero-order chi connectivity index (χ0) is 19.5. The zero-order valence-electron chi connectivity index (χ0n) is 16.6. The van der Waals surface area contributed by atoms with Gasteiger partial charge in [0.2, 0.25) is 5.92 Å². The summed E-state index contributed by atoms with van der Waals surface area (Å²) in [5.41, 5.74) is 0. The molecule has 0 spiro atoms. The minimum Gasteiger partial charge on any atom is -0.480 e. The molecule has 150 valence electrons. The highest BCUT2D eigenvalue weighted by Crippen LogP contribution is 2.13. The SMILES string of the molecule is CCCCCCCCCCCCCCCCCC#CC(C(=O)O)C(=O)O. The predicted molar refractivity (Wildman–Crippen MR) is 106 cm³/mol. The van der Waals surface area contributed by atoms with Crippen LogP contribution in [0, 0.1) is 17.8 Å². The van der Waals surface area contributed by atoms with E-state index in [-0.39, 0.29) is 0 Å². The van der Waals surface area contributed by atoms with Gasteiger partial charge in [-0.3, -0.25) is 9.59 Å². The Labute approximate surface area is 159 Å². The van der Waals surface area contributed by atoms with E-state index in [0.717, 1.165) is 12.8 Å². The van der Waals surface area contributed by atoms with Gasteiger partial charge in [0.05, 0.1) is 0 Å². The maximum absolute atomic E-state index is 10.7. The molecule has 0 bridgehead atoms. The number of aliphatic carboxylic acids is 2. The highest BCUT2D eigenvalue weighted by molar-refractivity contribution is 5.96. The van der Waals surface area contributed by atoms with E-state index in [2.05, 4.69) is 18.8 Å². The first-order valence-electron chi connectivity index (χ1n) is 10.5. The first-order chi connectivity index (χ1) is 12.6. The van der Waals surface area contributed by atoms with Gasteiger partial charge in [-0.25, -0.2) is 0 Å². The minimum absolute atomic E-state index is 0.579. The van der Waals surface area contributed by atoms with Gasteiger partial charge in [-0.1, -0.05) is 103 Å². The summed E-state index contributed by atoms with van der Waals surface area (Å²) in [5, 5.41) is 17.4. The van der Waals surface area contributed by atoms with E-state index in [4.69, 9.17) is 10.2 Å². The van der Waals surface area contributed by atoms with Crippen molar-refractivity contribution in [2.24, 2.45) is 5.92 Å². The number of carboxylic acid groups (broad SMARTS) is 2. The quantitative estimate of drug-likeness (QED) is 0.187. The molecule has 26 heavy (non-hydrogen) atoms. The smallest absolute Gasteiger partial charge is 0.330 e. The van der Waals surface area contributed by atoms with Gasteiger partial charge in [0.15, 0.2) is 0 Å². The maximum atomic E-state index is 10.7. The summed E-state index contributed by atoms with van der Waals surface area (Å²) in [7, 11) is 0. The summed E-state index contributed by atoms with van der Waals surface area (Å²) in [4.78, 5) is 21.3.